The first kappa shape index (κ1) is 42.0. The van der Waals surface area contributed by atoms with Crippen LogP contribution in [0.5, 0.6) is 0 Å². The SMILES string of the molecule is c1ccc(C2(c3ccccc3)c3ccccc3-c3ccc(N(c4cccc(-c5ccc(-c6ccc7c(c6)c6ccccc6n7-c6cccc7oc8ccccc8c67)cc5)c4)c4ccc5ccccc5c4)cc32)cc1. The zero-order chi connectivity index (χ0) is 48.7. The lowest BCUT2D eigenvalue weighted by Crippen LogP contribution is -2.28. The molecule has 3 heteroatoms. The molecule has 15 rings (SSSR count). The number of fused-ring (bicyclic) bond motifs is 10. The minimum Gasteiger partial charge on any atom is -0.456 e. The van der Waals surface area contributed by atoms with Gasteiger partial charge >= 0.3 is 0 Å². The van der Waals surface area contributed by atoms with Crippen molar-refractivity contribution in [2.75, 3.05) is 4.90 Å². The quantitative estimate of drug-likeness (QED) is 0.151. The van der Waals surface area contributed by atoms with Gasteiger partial charge in [-0.2, -0.15) is 0 Å². The van der Waals surface area contributed by atoms with Crippen LogP contribution in [0.1, 0.15) is 22.3 Å². The standard InChI is InChI=1S/C71H46N2O/c1-3-20-53(21-4-1)71(54-22-5-2-6-23-54)63-28-12-9-25-58(63)59-41-40-57(46-64(59)71)72(56-39-37-47-17-7-8-18-50(47)44-56)55-24-15-19-51(43-55)48-33-35-49(36-34-48)52-38-42-66-62(45-52)60-26-10-13-29-65(60)73(66)67-30-16-32-69-70(67)61-27-11-14-31-68(61)74-69/h1-46H. The van der Waals surface area contributed by atoms with E-state index < -0.39 is 5.41 Å². The summed E-state index contributed by atoms with van der Waals surface area (Å²) in [4.78, 5) is 2.44. The zero-order valence-electron chi connectivity index (χ0n) is 40.4. The van der Waals surface area contributed by atoms with Crippen LogP contribution >= 0.6 is 0 Å². The number of nitrogens with zero attached hydrogens (tertiary/aromatic N) is 2. The highest BCUT2D eigenvalue weighted by Gasteiger charge is 2.46. The summed E-state index contributed by atoms with van der Waals surface area (Å²) in [6.45, 7) is 0. The highest BCUT2D eigenvalue weighted by Crippen LogP contribution is 2.57. The second kappa shape index (κ2) is 16.7. The molecule has 0 saturated heterocycles. The largest absolute Gasteiger partial charge is 0.456 e. The van der Waals surface area contributed by atoms with Gasteiger partial charge < -0.3 is 13.9 Å². The predicted octanol–water partition coefficient (Wildman–Crippen LogP) is 19.0. The van der Waals surface area contributed by atoms with Crippen molar-refractivity contribution in [2.24, 2.45) is 0 Å². The summed E-state index contributed by atoms with van der Waals surface area (Å²) in [6.07, 6.45) is 0. The Kier molecular flexibility index (Phi) is 9.48. The van der Waals surface area contributed by atoms with Crippen molar-refractivity contribution in [3.05, 3.63) is 301 Å². The van der Waals surface area contributed by atoms with Crippen molar-refractivity contribution in [3.63, 3.8) is 0 Å². The fourth-order valence-electron chi connectivity index (χ4n) is 12.4. The minimum absolute atomic E-state index is 0.519. The Hall–Kier alpha value is -9.70. The molecule has 0 N–H and O–H groups in total. The van der Waals surface area contributed by atoms with Crippen molar-refractivity contribution >= 4 is 71.6 Å². The highest BCUT2D eigenvalue weighted by molar-refractivity contribution is 6.15. The Bertz CT molecular complexity index is 4450. The molecule has 346 valence electrons. The summed E-state index contributed by atoms with van der Waals surface area (Å²) in [5.74, 6) is 0. The summed E-state index contributed by atoms with van der Waals surface area (Å²) in [5.41, 5.74) is 20.3. The third-order valence-electron chi connectivity index (χ3n) is 15.6. The molecular formula is C71H46N2O. The van der Waals surface area contributed by atoms with Gasteiger partial charge in [-0.3, -0.25) is 0 Å². The molecule has 2 heterocycles. The normalized spacial score (nSPS) is 12.7. The predicted molar refractivity (Wildman–Crippen MR) is 308 cm³/mol. The van der Waals surface area contributed by atoms with Crippen LogP contribution in [0.4, 0.5) is 17.1 Å². The van der Waals surface area contributed by atoms with Gasteiger partial charge in [-0.25, -0.2) is 0 Å². The number of hydrogen-bond acceptors (Lipinski definition) is 2. The van der Waals surface area contributed by atoms with E-state index in [1.54, 1.807) is 0 Å². The lowest BCUT2D eigenvalue weighted by atomic mass is 9.67. The van der Waals surface area contributed by atoms with E-state index in [1.165, 1.54) is 71.6 Å². The van der Waals surface area contributed by atoms with Crippen LogP contribution in [-0.4, -0.2) is 4.57 Å². The lowest BCUT2D eigenvalue weighted by Gasteiger charge is -2.35. The fourth-order valence-corrected chi connectivity index (χ4v) is 12.4. The molecular weight excluding hydrogens is 897 g/mol. The first-order valence-electron chi connectivity index (χ1n) is 25.5. The van der Waals surface area contributed by atoms with E-state index in [0.29, 0.717) is 0 Å². The summed E-state index contributed by atoms with van der Waals surface area (Å²) >= 11 is 0. The van der Waals surface area contributed by atoms with E-state index in [-0.39, 0.29) is 0 Å². The summed E-state index contributed by atoms with van der Waals surface area (Å²) < 4.78 is 8.75. The van der Waals surface area contributed by atoms with Crippen molar-refractivity contribution in [1.82, 2.24) is 4.57 Å². The number of aromatic nitrogens is 1. The third-order valence-corrected chi connectivity index (χ3v) is 15.6. The molecule has 74 heavy (non-hydrogen) atoms. The van der Waals surface area contributed by atoms with Crippen molar-refractivity contribution < 1.29 is 4.42 Å². The highest BCUT2D eigenvalue weighted by atomic mass is 16.3. The number of anilines is 3. The van der Waals surface area contributed by atoms with E-state index in [9.17, 15) is 0 Å². The maximum absolute atomic E-state index is 6.35. The number of benzene rings is 12. The van der Waals surface area contributed by atoms with E-state index >= 15 is 0 Å². The molecule has 3 nitrogen and oxygen atoms in total. The molecule has 1 aliphatic carbocycles. The van der Waals surface area contributed by atoms with E-state index in [0.717, 1.165) is 61.3 Å². The van der Waals surface area contributed by atoms with E-state index in [1.807, 2.05) is 6.07 Å². The second-order valence-corrected chi connectivity index (χ2v) is 19.6. The van der Waals surface area contributed by atoms with Crippen LogP contribution in [0.3, 0.4) is 0 Å². The van der Waals surface area contributed by atoms with Crippen molar-refractivity contribution in [3.8, 4) is 39.1 Å². The number of hydrogen-bond donors (Lipinski definition) is 0. The van der Waals surface area contributed by atoms with Gasteiger partial charge in [-0.15, -0.1) is 0 Å². The fraction of sp³-hybridized carbons (Fsp3) is 0.0141. The van der Waals surface area contributed by atoms with Crippen LogP contribution in [0.15, 0.2) is 283 Å². The lowest BCUT2D eigenvalue weighted by molar-refractivity contribution is 0.669. The Balaban J connectivity index is 0.840. The average Bonchev–Trinajstić information content (AvgIpc) is 4.15. The van der Waals surface area contributed by atoms with Crippen LogP contribution in [0.2, 0.25) is 0 Å². The molecule has 0 bridgehead atoms. The summed E-state index contributed by atoms with van der Waals surface area (Å²) in [6, 6.07) is 102. The Morgan fingerprint density at radius 1 is 0.324 bits per heavy atom. The summed E-state index contributed by atoms with van der Waals surface area (Å²) in [5, 5.41) is 7.10. The number of furan rings is 1. The smallest absolute Gasteiger partial charge is 0.137 e. The van der Waals surface area contributed by atoms with E-state index in [4.69, 9.17) is 4.42 Å². The Morgan fingerprint density at radius 3 is 1.72 bits per heavy atom. The average molecular weight is 943 g/mol. The molecule has 0 atom stereocenters. The zero-order valence-corrected chi connectivity index (χ0v) is 40.4. The molecule has 12 aromatic carbocycles. The van der Waals surface area contributed by atoms with Crippen LogP contribution in [-0.2, 0) is 5.41 Å². The minimum atomic E-state index is -0.519. The van der Waals surface area contributed by atoms with Gasteiger partial charge in [0.2, 0.25) is 0 Å². The molecule has 0 fully saturated rings. The van der Waals surface area contributed by atoms with Gasteiger partial charge in [-0.1, -0.05) is 206 Å². The van der Waals surface area contributed by atoms with Crippen LogP contribution < -0.4 is 4.90 Å². The third kappa shape index (κ3) is 6.40. The van der Waals surface area contributed by atoms with Gasteiger partial charge in [0.25, 0.3) is 0 Å². The van der Waals surface area contributed by atoms with Gasteiger partial charge in [0.05, 0.1) is 27.5 Å². The van der Waals surface area contributed by atoms with Gasteiger partial charge in [0, 0.05) is 33.2 Å². The molecule has 0 unspecified atom stereocenters. The molecule has 2 aromatic heterocycles. The summed E-state index contributed by atoms with van der Waals surface area (Å²) in [7, 11) is 0. The Labute approximate surface area is 429 Å². The van der Waals surface area contributed by atoms with Gasteiger partial charge in [-0.05, 0) is 139 Å². The van der Waals surface area contributed by atoms with Gasteiger partial charge in [0.15, 0.2) is 0 Å². The topological polar surface area (TPSA) is 21.3 Å². The molecule has 1 aliphatic rings. The Morgan fingerprint density at radius 2 is 0.905 bits per heavy atom. The molecule has 0 spiro atoms. The molecule has 0 amide bonds. The van der Waals surface area contributed by atoms with Gasteiger partial charge in [0.1, 0.15) is 11.2 Å². The van der Waals surface area contributed by atoms with Crippen LogP contribution in [0.25, 0.3) is 93.6 Å². The maximum Gasteiger partial charge on any atom is 0.137 e. The second-order valence-electron chi connectivity index (χ2n) is 19.6. The molecule has 0 saturated carbocycles. The maximum atomic E-state index is 6.35. The van der Waals surface area contributed by atoms with Crippen molar-refractivity contribution in [2.45, 2.75) is 5.41 Å². The first-order chi connectivity index (χ1) is 36.7. The molecule has 0 aliphatic heterocycles. The van der Waals surface area contributed by atoms with Crippen molar-refractivity contribution in [1.29, 1.82) is 0 Å². The van der Waals surface area contributed by atoms with E-state index in [2.05, 4.69) is 282 Å². The monoisotopic (exact) mass is 942 g/mol. The molecule has 14 aromatic rings. The molecule has 0 radical (unpaired) electrons. The number of para-hydroxylation sites is 2. The first-order valence-corrected chi connectivity index (χ1v) is 25.5. The van der Waals surface area contributed by atoms with Crippen LogP contribution in [0, 0.1) is 0 Å². The number of rotatable bonds is 8.